The summed E-state index contributed by atoms with van der Waals surface area (Å²) in [7, 11) is 0. The summed E-state index contributed by atoms with van der Waals surface area (Å²) >= 11 is 1.44. The first-order valence-electron chi connectivity index (χ1n) is 13.2. The number of carbonyl (C=O) groups excluding carboxylic acids is 3. The van der Waals surface area contributed by atoms with Crippen LogP contribution in [0.15, 0.2) is 78.9 Å². The maximum Gasteiger partial charge on any atom is 0.407 e. The summed E-state index contributed by atoms with van der Waals surface area (Å²) in [6.45, 7) is 0.00254. The van der Waals surface area contributed by atoms with Crippen molar-refractivity contribution in [2.45, 2.75) is 37.5 Å². The molecule has 0 saturated carbocycles. The Labute approximate surface area is 242 Å². The Balaban J connectivity index is 1.42. The van der Waals surface area contributed by atoms with Gasteiger partial charge in [-0.1, -0.05) is 78.9 Å². The van der Waals surface area contributed by atoms with Gasteiger partial charge in [0.15, 0.2) is 0 Å². The fraction of sp³-hybridized carbons (Fsp3) is 0.290. The van der Waals surface area contributed by atoms with Gasteiger partial charge in [0.25, 0.3) is 0 Å². The predicted molar refractivity (Wildman–Crippen MR) is 155 cm³/mol. The van der Waals surface area contributed by atoms with Gasteiger partial charge in [-0.25, -0.2) is 9.59 Å². The van der Waals surface area contributed by atoms with Crippen LogP contribution in [0.3, 0.4) is 0 Å². The highest BCUT2D eigenvalue weighted by atomic mass is 32.2. The Bertz CT molecular complexity index is 1340. The molecular formula is C31H32N2O7S. The lowest BCUT2D eigenvalue weighted by Gasteiger charge is -2.21. The SMILES string of the molecule is CSCCC(NC(=O)[C@H](CC(=O)OCc1ccccc1)NC(=O)OCC1c2ccccc2-c2ccccc21)C(=O)O. The lowest BCUT2D eigenvalue weighted by Crippen LogP contribution is -2.52. The van der Waals surface area contributed by atoms with E-state index in [4.69, 9.17) is 9.47 Å². The maximum atomic E-state index is 13.1. The summed E-state index contributed by atoms with van der Waals surface area (Å²) in [5, 5.41) is 14.4. The van der Waals surface area contributed by atoms with Gasteiger partial charge >= 0.3 is 18.0 Å². The average molecular weight is 577 g/mol. The topological polar surface area (TPSA) is 131 Å². The maximum absolute atomic E-state index is 13.1. The minimum atomic E-state index is -1.40. The van der Waals surface area contributed by atoms with Crippen molar-refractivity contribution in [1.82, 2.24) is 10.6 Å². The molecule has 214 valence electrons. The van der Waals surface area contributed by atoms with E-state index < -0.39 is 42.4 Å². The van der Waals surface area contributed by atoms with Gasteiger partial charge in [0.2, 0.25) is 5.91 Å². The number of aliphatic carboxylic acids is 1. The van der Waals surface area contributed by atoms with E-state index >= 15 is 0 Å². The van der Waals surface area contributed by atoms with Gasteiger partial charge in [-0.05, 0) is 46.2 Å². The Morgan fingerprint density at radius 2 is 1.44 bits per heavy atom. The number of thioether (sulfide) groups is 1. The van der Waals surface area contributed by atoms with Gasteiger partial charge in [0, 0.05) is 5.92 Å². The molecule has 3 aromatic carbocycles. The number of benzene rings is 3. The van der Waals surface area contributed by atoms with E-state index in [2.05, 4.69) is 10.6 Å². The molecule has 10 heteroatoms. The number of carboxylic acids is 1. The van der Waals surface area contributed by atoms with E-state index in [9.17, 15) is 24.3 Å². The highest BCUT2D eigenvalue weighted by Crippen LogP contribution is 2.44. The fourth-order valence-electron chi connectivity index (χ4n) is 4.72. The van der Waals surface area contributed by atoms with Crippen molar-refractivity contribution >= 4 is 35.7 Å². The summed E-state index contributed by atoms with van der Waals surface area (Å²) in [5.41, 5.74) is 4.95. The van der Waals surface area contributed by atoms with E-state index in [1.807, 2.05) is 60.9 Å². The first-order chi connectivity index (χ1) is 19.9. The molecule has 9 nitrogen and oxygen atoms in total. The lowest BCUT2D eigenvalue weighted by molar-refractivity contribution is -0.147. The van der Waals surface area contributed by atoms with Gasteiger partial charge in [-0.15, -0.1) is 0 Å². The van der Waals surface area contributed by atoms with Crippen LogP contribution in [-0.4, -0.2) is 59.7 Å². The first kappa shape index (κ1) is 29.7. The Hall–Kier alpha value is -4.31. The molecule has 0 aliphatic heterocycles. The lowest BCUT2D eigenvalue weighted by atomic mass is 9.98. The molecule has 4 rings (SSSR count). The van der Waals surface area contributed by atoms with Gasteiger partial charge in [0.1, 0.15) is 25.3 Å². The number of carbonyl (C=O) groups is 4. The monoisotopic (exact) mass is 576 g/mol. The molecule has 1 unspecified atom stereocenters. The summed E-state index contributed by atoms with van der Waals surface area (Å²) in [5.74, 6) is -2.45. The van der Waals surface area contributed by atoms with Crippen LogP contribution in [0.1, 0.15) is 35.4 Å². The van der Waals surface area contributed by atoms with Crippen LogP contribution in [0.2, 0.25) is 0 Å². The molecule has 3 aromatic rings. The predicted octanol–water partition coefficient (Wildman–Crippen LogP) is 4.35. The molecule has 1 aliphatic carbocycles. The number of amides is 2. The molecular weight excluding hydrogens is 544 g/mol. The number of hydrogen-bond donors (Lipinski definition) is 3. The van der Waals surface area contributed by atoms with E-state index in [1.54, 1.807) is 24.3 Å². The number of hydrogen-bond acceptors (Lipinski definition) is 7. The molecule has 0 spiro atoms. The number of rotatable bonds is 13. The number of nitrogens with one attached hydrogen (secondary N) is 2. The average Bonchev–Trinajstić information content (AvgIpc) is 3.30. The summed E-state index contributed by atoms with van der Waals surface area (Å²) in [6, 6.07) is 22.2. The molecule has 0 bridgehead atoms. The van der Waals surface area contributed by atoms with Crippen molar-refractivity contribution in [2.24, 2.45) is 0 Å². The number of alkyl carbamates (subject to hydrolysis) is 1. The first-order valence-corrected chi connectivity index (χ1v) is 14.6. The molecule has 0 heterocycles. The number of esters is 1. The molecule has 41 heavy (non-hydrogen) atoms. The van der Waals surface area contributed by atoms with E-state index in [-0.39, 0.29) is 25.6 Å². The normalized spacial score (nSPS) is 13.3. The summed E-state index contributed by atoms with van der Waals surface area (Å²) in [4.78, 5) is 50.3. The second-order valence-corrected chi connectivity index (χ2v) is 10.5. The number of ether oxygens (including phenoxy) is 2. The number of fused-ring (bicyclic) bond motifs is 3. The van der Waals surface area contributed by atoms with Gasteiger partial charge in [-0.2, -0.15) is 11.8 Å². The van der Waals surface area contributed by atoms with E-state index in [1.165, 1.54) is 11.8 Å². The minimum Gasteiger partial charge on any atom is -0.480 e. The largest absolute Gasteiger partial charge is 0.480 e. The minimum absolute atomic E-state index is 0.00949. The van der Waals surface area contributed by atoms with E-state index in [0.29, 0.717) is 5.75 Å². The molecule has 1 aliphatic rings. The van der Waals surface area contributed by atoms with Crippen molar-refractivity contribution in [3.63, 3.8) is 0 Å². The molecule has 0 fully saturated rings. The molecule has 0 radical (unpaired) electrons. The van der Waals surface area contributed by atoms with E-state index in [0.717, 1.165) is 27.8 Å². The molecule has 0 aromatic heterocycles. The van der Waals surface area contributed by atoms with Crippen molar-refractivity contribution in [1.29, 1.82) is 0 Å². The fourth-order valence-corrected chi connectivity index (χ4v) is 5.19. The quantitative estimate of drug-likeness (QED) is 0.256. The molecule has 2 atom stereocenters. The zero-order chi connectivity index (χ0) is 29.2. The van der Waals surface area contributed by atoms with Crippen molar-refractivity contribution in [3.05, 3.63) is 95.6 Å². The third-order valence-corrected chi connectivity index (χ3v) is 7.43. The highest BCUT2D eigenvalue weighted by Gasteiger charge is 2.32. The Morgan fingerprint density at radius 1 is 0.829 bits per heavy atom. The van der Waals surface area contributed by atoms with Crippen molar-refractivity contribution in [2.75, 3.05) is 18.6 Å². The van der Waals surface area contributed by atoms with Gasteiger partial charge < -0.3 is 25.2 Å². The van der Waals surface area contributed by atoms with Crippen LogP contribution in [0, 0.1) is 0 Å². The number of carboxylic acid groups (broad SMARTS) is 1. The second-order valence-electron chi connectivity index (χ2n) is 9.55. The van der Waals surface area contributed by atoms with Crippen LogP contribution in [-0.2, 0) is 30.5 Å². The van der Waals surface area contributed by atoms with Crippen LogP contribution in [0.4, 0.5) is 4.79 Å². The Morgan fingerprint density at radius 3 is 2.05 bits per heavy atom. The summed E-state index contributed by atoms with van der Waals surface area (Å²) < 4.78 is 10.8. The second kappa shape index (κ2) is 14.4. The van der Waals surface area contributed by atoms with Gasteiger partial charge in [0.05, 0.1) is 6.42 Å². The third-order valence-electron chi connectivity index (χ3n) is 6.79. The standard InChI is InChI=1S/C31H32N2O7S/c1-41-16-15-26(30(36)37)32-29(35)27(17-28(34)39-18-20-9-3-2-4-10-20)33-31(38)40-19-25-23-13-7-5-11-21(23)22-12-6-8-14-24(22)25/h2-14,25-27H,15-19H2,1H3,(H,32,35)(H,33,38)(H,36,37)/t26?,27-/m0/s1. The highest BCUT2D eigenvalue weighted by molar-refractivity contribution is 7.98. The van der Waals surface area contributed by atoms with Crippen LogP contribution in [0.5, 0.6) is 0 Å². The third kappa shape index (κ3) is 7.88. The van der Waals surface area contributed by atoms with Crippen LogP contribution < -0.4 is 10.6 Å². The molecule has 0 saturated heterocycles. The zero-order valence-electron chi connectivity index (χ0n) is 22.6. The molecule has 3 N–H and O–H groups in total. The summed E-state index contributed by atoms with van der Waals surface area (Å²) in [6.07, 6.45) is 0.597. The molecule has 2 amide bonds. The Kier molecular flexibility index (Phi) is 10.4. The van der Waals surface area contributed by atoms with Crippen LogP contribution in [0.25, 0.3) is 11.1 Å². The van der Waals surface area contributed by atoms with Crippen molar-refractivity contribution in [3.8, 4) is 11.1 Å². The van der Waals surface area contributed by atoms with Crippen LogP contribution >= 0.6 is 11.8 Å². The van der Waals surface area contributed by atoms with Crippen molar-refractivity contribution < 1.29 is 33.8 Å². The smallest absolute Gasteiger partial charge is 0.407 e. The zero-order valence-corrected chi connectivity index (χ0v) is 23.4. The van der Waals surface area contributed by atoms with Gasteiger partial charge in [-0.3, -0.25) is 9.59 Å².